The molecule has 2 nitrogen and oxygen atoms in total. The van der Waals surface area contributed by atoms with Gasteiger partial charge in [0.05, 0.1) is 0 Å². The average Bonchev–Trinajstić information content (AvgIpc) is 2.59. The summed E-state index contributed by atoms with van der Waals surface area (Å²) in [5.74, 6) is 1.26. The summed E-state index contributed by atoms with van der Waals surface area (Å²) in [7, 11) is 0. The van der Waals surface area contributed by atoms with Crippen LogP contribution in [0.5, 0.6) is 0 Å². The number of para-hydroxylation sites is 2. The Morgan fingerprint density at radius 3 is 2.85 bits per heavy atom. The summed E-state index contributed by atoms with van der Waals surface area (Å²) >= 11 is 0. The number of oxazole rings is 1. The molecule has 1 heterocycles. The molecule has 0 aliphatic rings. The average molecular weight is 175 g/mol. The Balaban J connectivity index is 2.49. The zero-order valence-corrected chi connectivity index (χ0v) is 7.95. The standard InChI is InChI=1S/C11H13NO/c1-3-8(2)11-12-9-6-4-5-7-10(9)13-11/h4-8H,3H2,1-2H3/t8-/m0/s1. The Morgan fingerprint density at radius 1 is 1.38 bits per heavy atom. The van der Waals surface area contributed by atoms with E-state index in [-0.39, 0.29) is 0 Å². The van der Waals surface area contributed by atoms with E-state index in [4.69, 9.17) is 4.42 Å². The predicted octanol–water partition coefficient (Wildman–Crippen LogP) is 3.34. The molecular weight excluding hydrogens is 162 g/mol. The zero-order valence-electron chi connectivity index (χ0n) is 7.95. The van der Waals surface area contributed by atoms with E-state index in [1.165, 1.54) is 0 Å². The quantitative estimate of drug-likeness (QED) is 0.699. The van der Waals surface area contributed by atoms with Crippen molar-refractivity contribution in [2.24, 2.45) is 0 Å². The molecular formula is C11H13NO. The van der Waals surface area contributed by atoms with Crippen LogP contribution in [0.2, 0.25) is 0 Å². The Morgan fingerprint density at radius 2 is 2.15 bits per heavy atom. The molecule has 0 saturated heterocycles. The molecule has 0 saturated carbocycles. The van der Waals surface area contributed by atoms with Crippen molar-refractivity contribution in [3.8, 4) is 0 Å². The Kier molecular flexibility index (Phi) is 2.05. The first-order valence-electron chi connectivity index (χ1n) is 4.66. The highest BCUT2D eigenvalue weighted by molar-refractivity contribution is 5.72. The van der Waals surface area contributed by atoms with Crippen LogP contribution in [0.15, 0.2) is 28.7 Å². The third-order valence-corrected chi connectivity index (χ3v) is 2.34. The lowest BCUT2D eigenvalue weighted by atomic mass is 10.1. The van der Waals surface area contributed by atoms with Gasteiger partial charge in [0.2, 0.25) is 0 Å². The van der Waals surface area contributed by atoms with Gasteiger partial charge in [0.1, 0.15) is 5.52 Å². The normalized spacial score (nSPS) is 13.4. The molecule has 1 atom stereocenters. The van der Waals surface area contributed by atoms with Crippen LogP contribution in [0.1, 0.15) is 32.1 Å². The van der Waals surface area contributed by atoms with Crippen LogP contribution in [0.25, 0.3) is 11.1 Å². The summed E-state index contributed by atoms with van der Waals surface area (Å²) in [4.78, 5) is 4.42. The van der Waals surface area contributed by atoms with Crippen LogP contribution >= 0.6 is 0 Å². The second-order valence-corrected chi connectivity index (χ2v) is 3.33. The fourth-order valence-electron chi connectivity index (χ4n) is 1.28. The number of hydrogen-bond acceptors (Lipinski definition) is 2. The minimum atomic E-state index is 0.410. The minimum absolute atomic E-state index is 0.410. The third kappa shape index (κ3) is 1.44. The van der Waals surface area contributed by atoms with E-state index >= 15 is 0 Å². The fourth-order valence-corrected chi connectivity index (χ4v) is 1.28. The van der Waals surface area contributed by atoms with Gasteiger partial charge in [0.15, 0.2) is 11.5 Å². The van der Waals surface area contributed by atoms with Gasteiger partial charge in [0, 0.05) is 5.92 Å². The maximum atomic E-state index is 5.61. The van der Waals surface area contributed by atoms with Gasteiger partial charge in [-0.1, -0.05) is 26.0 Å². The summed E-state index contributed by atoms with van der Waals surface area (Å²) in [5.41, 5.74) is 1.84. The molecule has 2 heteroatoms. The van der Waals surface area contributed by atoms with E-state index in [1.54, 1.807) is 0 Å². The van der Waals surface area contributed by atoms with Gasteiger partial charge >= 0.3 is 0 Å². The Bertz CT molecular complexity index is 372. The van der Waals surface area contributed by atoms with E-state index in [0.717, 1.165) is 23.4 Å². The lowest BCUT2D eigenvalue weighted by molar-refractivity contribution is 0.479. The van der Waals surface area contributed by atoms with E-state index in [0.29, 0.717) is 5.92 Å². The number of nitrogens with zero attached hydrogens (tertiary/aromatic N) is 1. The van der Waals surface area contributed by atoms with E-state index in [2.05, 4.69) is 18.8 Å². The highest BCUT2D eigenvalue weighted by Crippen LogP contribution is 2.22. The van der Waals surface area contributed by atoms with Gasteiger partial charge in [-0.05, 0) is 18.6 Å². The highest BCUT2D eigenvalue weighted by atomic mass is 16.3. The smallest absolute Gasteiger partial charge is 0.198 e. The lowest BCUT2D eigenvalue weighted by Gasteiger charge is -1.99. The number of fused-ring (bicyclic) bond motifs is 1. The second kappa shape index (κ2) is 3.21. The molecule has 2 aromatic rings. The maximum absolute atomic E-state index is 5.61. The van der Waals surface area contributed by atoms with Crippen molar-refractivity contribution in [1.82, 2.24) is 4.98 Å². The van der Waals surface area contributed by atoms with Gasteiger partial charge in [-0.3, -0.25) is 0 Å². The summed E-state index contributed by atoms with van der Waals surface area (Å²) in [5, 5.41) is 0. The van der Waals surface area contributed by atoms with Gasteiger partial charge in [-0.15, -0.1) is 0 Å². The molecule has 0 N–H and O–H groups in total. The second-order valence-electron chi connectivity index (χ2n) is 3.33. The summed E-state index contributed by atoms with van der Waals surface area (Å²) in [6.07, 6.45) is 1.06. The molecule has 0 aliphatic carbocycles. The number of rotatable bonds is 2. The first kappa shape index (κ1) is 8.30. The van der Waals surface area contributed by atoms with E-state index in [1.807, 2.05) is 24.3 Å². The van der Waals surface area contributed by atoms with Crippen molar-refractivity contribution in [2.75, 3.05) is 0 Å². The fraction of sp³-hybridized carbons (Fsp3) is 0.364. The van der Waals surface area contributed by atoms with E-state index in [9.17, 15) is 0 Å². The molecule has 0 unspecified atom stereocenters. The number of hydrogen-bond donors (Lipinski definition) is 0. The topological polar surface area (TPSA) is 26.0 Å². The van der Waals surface area contributed by atoms with Gasteiger partial charge < -0.3 is 4.42 Å². The molecule has 0 amide bonds. The molecule has 2 rings (SSSR count). The third-order valence-electron chi connectivity index (χ3n) is 2.34. The predicted molar refractivity (Wildman–Crippen MR) is 52.7 cm³/mol. The maximum Gasteiger partial charge on any atom is 0.198 e. The van der Waals surface area contributed by atoms with Crippen molar-refractivity contribution < 1.29 is 4.42 Å². The Hall–Kier alpha value is -1.31. The molecule has 13 heavy (non-hydrogen) atoms. The Labute approximate surface area is 77.6 Å². The van der Waals surface area contributed by atoms with E-state index < -0.39 is 0 Å². The van der Waals surface area contributed by atoms with Gasteiger partial charge in [-0.2, -0.15) is 0 Å². The van der Waals surface area contributed by atoms with Gasteiger partial charge in [0.25, 0.3) is 0 Å². The first-order valence-corrected chi connectivity index (χ1v) is 4.66. The molecule has 0 bridgehead atoms. The largest absolute Gasteiger partial charge is 0.440 e. The van der Waals surface area contributed by atoms with Crippen LogP contribution in [0, 0.1) is 0 Å². The molecule has 1 aromatic heterocycles. The van der Waals surface area contributed by atoms with Gasteiger partial charge in [-0.25, -0.2) is 4.98 Å². The summed E-state index contributed by atoms with van der Waals surface area (Å²) in [6.45, 7) is 4.27. The summed E-state index contributed by atoms with van der Waals surface area (Å²) in [6, 6.07) is 7.87. The first-order chi connectivity index (χ1) is 6.31. The van der Waals surface area contributed by atoms with Crippen LogP contribution in [0.3, 0.4) is 0 Å². The van der Waals surface area contributed by atoms with Crippen molar-refractivity contribution in [1.29, 1.82) is 0 Å². The number of benzene rings is 1. The highest BCUT2D eigenvalue weighted by Gasteiger charge is 2.10. The van der Waals surface area contributed by atoms with Crippen LogP contribution < -0.4 is 0 Å². The van der Waals surface area contributed by atoms with Crippen molar-refractivity contribution in [3.63, 3.8) is 0 Å². The molecule has 0 spiro atoms. The van der Waals surface area contributed by atoms with Crippen LogP contribution in [-0.2, 0) is 0 Å². The van der Waals surface area contributed by atoms with Crippen LogP contribution in [0.4, 0.5) is 0 Å². The lowest BCUT2D eigenvalue weighted by Crippen LogP contribution is -1.89. The monoisotopic (exact) mass is 175 g/mol. The molecule has 0 radical (unpaired) electrons. The van der Waals surface area contributed by atoms with Crippen molar-refractivity contribution >= 4 is 11.1 Å². The zero-order chi connectivity index (χ0) is 9.26. The number of aromatic nitrogens is 1. The van der Waals surface area contributed by atoms with Crippen molar-refractivity contribution in [3.05, 3.63) is 30.2 Å². The molecule has 68 valence electrons. The summed E-state index contributed by atoms with van der Waals surface area (Å²) < 4.78 is 5.61. The molecule has 0 fully saturated rings. The van der Waals surface area contributed by atoms with Crippen LogP contribution in [-0.4, -0.2) is 4.98 Å². The minimum Gasteiger partial charge on any atom is -0.440 e. The SMILES string of the molecule is CC[C@H](C)c1nc2ccccc2o1. The van der Waals surface area contributed by atoms with Crippen molar-refractivity contribution in [2.45, 2.75) is 26.2 Å². The molecule has 1 aromatic carbocycles. The molecule has 0 aliphatic heterocycles.